The van der Waals surface area contributed by atoms with E-state index in [1.165, 1.54) is 0 Å². The largest absolute Gasteiger partial charge is 0.398 e. The van der Waals surface area contributed by atoms with Crippen molar-refractivity contribution in [2.45, 2.75) is 5.92 Å². The number of rotatable bonds is 5. The molecule has 4 rings (SSSR count). The third-order valence-electron chi connectivity index (χ3n) is 5.10. The molecule has 0 bridgehead atoms. The van der Waals surface area contributed by atoms with E-state index in [9.17, 15) is 4.79 Å². The molecular formula is C24H19Cl2N3O. The zero-order valence-electron chi connectivity index (χ0n) is 16.2. The molecule has 0 saturated heterocycles. The molecule has 2 N–H and O–H groups in total. The fraction of sp³-hybridized carbons (Fsp3) is 0.0833. The first-order valence-electron chi connectivity index (χ1n) is 9.35. The van der Waals surface area contributed by atoms with Gasteiger partial charge in [-0.25, -0.2) is 4.98 Å². The van der Waals surface area contributed by atoms with Crippen molar-refractivity contribution in [3.05, 3.63) is 117 Å². The summed E-state index contributed by atoms with van der Waals surface area (Å²) in [5.74, 6) is -0.307. The van der Waals surface area contributed by atoms with Crippen LogP contribution in [0.25, 0.3) is 0 Å². The van der Waals surface area contributed by atoms with Gasteiger partial charge in [-0.05, 0) is 47.5 Å². The van der Waals surface area contributed by atoms with Gasteiger partial charge in [-0.1, -0.05) is 53.5 Å². The average molecular weight is 436 g/mol. The first-order chi connectivity index (χ1) is 14.4. The second-order valence-corrected chi connectivity index (χ2v) is 7.97. The van der Waals surface area contributed by atoms with Crippen LogP contribution in [0.2, 0.25) is 10.0 Å². The van der Waals surface area contributed by atoms with E-state index in [2.05, 4.69) is 4.98 Å². The number of nitrogens with two attached hydrogens (primary N) is 1. The minimum atomic E-state index is -0.170. The van der Waals surface area contributed by atoms with Crippen molar-refractivity contribution in [3.8, 4) is 0 Å². The molecule has 0 saturated carbocycles. The van der Waals surface area contributed by atoms with Crippen molar-refractivity contribution in [2.75, 3.05) is 5.73 Å². The van der Waals surface area contributed by atoms with Gasteiger partial charge in [-0.2, -0.15) is 0 Å². The van der Waals surface area contributed by atoms with Crippen LogP contribution in [0.5, 0.6) is 0 Å². The van der Waals surface area contributed by atoms with Crippen molar-refractivity contribution >= 4 is 34.7 Å². The Balaban J connectivity index is 1.84. The number of anilines is 1. The predicted octanol–water partition coefficient (Wildman–Crippen LogP) is 5.72. The van der Waals surface area contributed by atoms with Gasteiger partial charge in [0.05, 0.1) is 12.2 Å². The number of carbonyl (C=O) groups is 1. The number of ketones is 1. The summed E-state index contributed by atoms with van der Waals surface area (Å²) in [5, 5.41) is 1.17. The maximum Gasteiger partial charge on any atom is 0.195 e. The Morgan fingerprint density at radius 1 is 0.967 bits per heavy atom. The van der Waals surface area contributed by atoms with E-state index in [1.54, 1.807) is 36.7 Å². The van der Waals surface area contributed by atoms with Gasteiger partial charge >= 0.3 is 0 Å². The summed E-state index contributed by atoms with van der Waals surface area (Å²) in [5.41, 5.74) is 10.5. The van der Waals surface area contributed by atoms with E-state index in [0.29, 0.717) is 26.9 Å². The zero-order chi connectivity index (χ0) is 21.3. The van der Waals surface area contributed by atoms with Gasteiger partial charge in [-0.15, -0.1) is 0 Å². The number of carbonyl (C=O) groups excluding carboxylic acids is 1. The second kappa shape index (κ2) is 8.34. The summed E-state index contributed by atoms with van der Waals surface area (Å²) in [6.07, 6.45) is 3.58. The molecular weight excluding hydrogens is 417 g/mol. The number of benzene rings is 3. The maximum absolute atomic E-state index is 13.2. The third kappa shape index (κ3) is 3.97. The summed E-state index contributed by atoms with van der Waals surface area (Å²) in [6, 6.07) is 20.1. The molecule has 0 fully saturated rings. The van der Waals surface area contributed by atoms with Crippen LogP contribution in [-0.2, 0) is 7.05 Å². The molecule has 150 valence electrons. The molecule has 0 radical (unpaired) electrons. The Hall–Kier alpha value is -3.08. The summed E-state index contributed by atoms with van der Waals surface area (Å²) in [6.45, 7) is 0. The van der Waals surface area contributed by atoms with Crippen LogP contribution in [0.1, 0.15) is 38.7 Å². The Morgan fingerprint density at radius 2 is 1.70 bits per heavy atom. The van der Waals surface area contributed by atoms with Gasteiger partial charge in [0.15, 0.2) is 5.78 Å². The number of hydrogen-bond acceptors (Lipinski definition) is 3. The molecule has 4 aromatic rings. The highest BCUT2D eigenvalue weighted by atomic mass is 35.5. The smallest absolute Gasteiger partial charge is 0.195 e. The fourth-order valence-corrected chi connectivity index (χ4v) is 3.89. The highest BCUT2D eigenvalue weighted by Gasteiger charge is 2.22. The predicted molar refractivity (Wildman–Crippen MR) is 121 cm³/mol. The van der Waals surface area contributed by atoms with Gasteiger partial charge in [0.1, 0.15) is 0 Å². The molecule has 1 heterocycles. The first-order valence-corrected chi connectivity index (χ1v) is 10.1. The number of nitrogen functional groups attached to an aromatic ring is 1. The molecule has 1 aromatic heterocycles. The number of nitrogens with zero attached hydrogens (tertiary/aromatic N) is 2. The fourth-order valence-electron chi connectivity index (χ4n) is 3.57. The lowest BCUT2D eigenvalue weighted by atomic mass is 9.86. The quantitative estimate of drug-likeness (QED) is 0.322. The van der Waals surface area contributed by atoms with Crippen molar-refractivity contribution in [3.63, 3.8) is 0 Å². The third-order valence-corrected chi connectivity index (χ3v) is 5.58. The van der Waals surface area contributed by atoms with Crippen LogP contribution < -0.4 is 5.73 Å². The van der Waals surface area contributed by atoms with E-state index >= 15 is 0 Å². The van der Waals surface area contributed by atoms with Gasteiger partial charge < -0.3 is 10.3 Å². The monoisotopic (exact) mass is 435 g/mol. The number of halogens is 2. The Morgan fingerprint density at radius 3 is 2.37 bits per heavy atom. The van der Waals surface area contributed by atoms with E-state index in [-0.39, 0.29) is 11.7 Å². The second-order valence-electron chi connectivity index (χ2n) is 7.10. The van der Waals surface area contributed by atoms with Gasteiger partial charge in [0, 0.05) is 45.8 Å². The highest BCUT2D eigenvalue weighted by molar-refractivity contribution is 6.31. The van der Waals surface area contributed by atoms with Crippen LogP contribution in [0.3, 0.4) is 0 Å². The van der Waals surface area contributed by atoms with E-state index in [1.807, 2.05) is 54.2 Å². The maximum atomic E-state index is 13.2. The van der Waals surface area contributed by atoms with Crippen LogP contribution in [0.15, 0.2) is 79.3 Å². The summed E-state index contributed by atoms with van der Waals surface area (Å²) in [7, 11) is 1.95. The summed E-state index contributed by atoms with van der Waals surface area (Å²) < 4.78 is 1.97. The Bertz CT molecular complexity index is 1220. The minimum absolute atomic E-state index is 0.138. The van der Waals surface area contributed by atoms with Gasteiger partial charge in [-0.3, -0.25) is 4.79 Å². The minimum Gasteiger partial charge on any atom is -0.398 e. The Labute approximate surface area is 184 Å². The lowest BCUT2D eigenvalue weighted by Gasteiger charge is -2.20. The van der Waals surface area contributed by atoms with E-state index < -0.39 is 0 Å². The number of aromatic nitrogens is 2. The normalized spacial score (nSPS) is 12.0. The number of hydrogen-bond donors (Lipinski definition) is 1. The molecule has 4 nitrogen and oxygen atoms in total. The average Bonchev–Trinajstić information content (AvgIpc) is 3.16. The molecule has 0 spiro atoms. The molecule has 3 aromatic carbocycles. The first kappa shape index (κ1) is 20.2. The summed E-state index contributed by atoms with van der Waals surface area (Å²) in [4.78, 5) is 17.4. The highest BCUT2D eigenvalue weighted by Crippen LogP contribution is 2.34. The molecule has 1 unspecified atom stereocenters. The Kier molecular flexibility index (Phi) is 5.62. The van der Waals surface area contributed by atoms with E-state index in [0.717, 1.165) is 16.8 Å². The van der Waals surface area contributed by atoms with Crippen LogP contribution in [-0.4, -0.2) is 15.3 Å². The van der Waals surface area contributed by atoms with Crippen molar-refractivity contribution < 1.29 is 4.79 Å². The van der Waals surface area contributed by atoms with E-state index in [4.69, 9.17) is 28.9 Å². The van der Waals surface area contributed by atoms with Crippen molar-refractivity contribution in [1.82, 2.24) is 9.55 Å². The molecule has 6 heteroatoms. The van der Waals surface area contributed by atoms with Crippen LogP contribution in [0, 0.1) is 0 Å². The van der Waals surface area contributed by atoms with Crippen LogP contribution >= 0.6 is 23.2 Å². The molecule has 1 atom stereocenters. The van der Waals surface area contributed by atoms with Crippen molar-refractivity contribution in [2.24, 2.45) is 7.05 Å². The molecule has 0 aliphatic rings. The lowest BCUT2D eigenvalue weighted by molar-refractivity contribution is 0.103. The van der Waals surface area contributed by atoms with Crippen LogP contribution in [0.4, 0.5) is 5.69 Å². The SMILES string of the molecule is Cn1cncc1C(c1ccc(Cl)cc1)c1ccc(N)c(C(=O)c2cccc(Cl)c2)c1. The zero-order valence-corrected chi connectivity index (χ0v) is 17.7. The van der Waals surface area contributed by atoms with Gasteiger partial charge in [0.25, 0.3) is 0 Å². The lowest BCUT2D eigenvalue weighted by Crippen LogP contribution is -2.11. The topological polar surface area (TPSA) is 60.9 Å². The van der Waals surface area contributed by atoms with Gasteiger partial charge in [0.2, 0.25) is 0 Å². The summed E-state index contributed by atoms with van der Waals surface area (Å²) >= 11 is 12.2. The number of aryl methyl sites for hydroxylation is 1. The molecule has 0 aliphatic carbocycles. The number of imidazole rings is 1. The van der Waals surface area contributed by atoms with Crippen molar-refractivity contribution in [1.29, 1.82) is 0 Å². The molecule has 0 amide bonds. The standard InChI is InChI=1S/C24H19Cl2N3O/c1-29-14-28-13-22(29)23(15-5-8-18(25)9-6-15)16-7-10-21(27)20(12-16)24(30)17-3-2-4-19(26)11-17/h2-14,23H,27H2,1H3. The molecule has 0 aliphatic heterocycles. The molecule has 30 heavy (non-hydrogen) atoms.